The topological polar surface area (TPSA) is 25.8 Å². The highest BCUT2D eigenvalue weighted by molar-refractivity contribution is 5.27. The number of hydrogen-bond acceptors (Lipinski definition) is 2. The third-order valence-corrected chi connectivity index (χ3v) is 3.90. The number of aryl methyl sites for hydroxylation is 3. The second kappa shape index (κ2) is 6.86. The standard InChI is InChI=1S/C16H26N2/c1-3-4-7-11-15-14-10-8-5-6-9-12-16(14)18-13(2)17-15/h3-12H2,1-2H3. The van der Waals surface area contributed by atoms with Gasteiger partial charge < -0.3 is 0 Å². The van der Waals surface area contributed by atoms with Crippen molar-refractivity contribution >= 4 is 0 Å². The smallest absolute Gasteiger partial charge is 0.125 e. The molecule has 0 saturated heterocycles. The summed E-state index contributed by atoms with van der Waals surface area (Å²) in [4.78, 5) is 9.41. The Labute approximate surface area is 111 Å². The largest absolute Gasteiger partial charge is 0.238 e. The zero-order valence-electron chi connectivity index (χ0n) is 12.0. The zero-order chi connectivity index (χ0) is 12.8. The maximum Gasteiger partial charge on any atom is 0.125 e. The predicted octanol–water partition coefficient (Wildman–Crippen LogP) is 4.18. The van der Waals surface area contributed by atoms with Crippen molar-refractivity contribution < 1.29 is 0 Å². The summed E-state index contributed by atoms with van der Waals surface area (Å²) < 4.78 is 0. The van der Waals surface area contributed by atoms with Gasteiger partial charge in [-0.1, -0.05) is 32.6 Å². The molecule has 2 rings (SSSR count). The van der Waals surface area contributed by atoms with E-state index >= 15 is 0 Å². The molecule has 0 unspecified atom stereocenters. The van der Waals surface area contributed by atoms with Gasteiger partial charge in [0, 0.05) is 11.4 Å². The van der Waals surface area contributed by atoms with Crippen molar-refractivity contribution in [2.45, 2.75) is 78.1 Å². The van der Waals surface area contributed by atoms with E-state index in [1.165, 1.54) is 74.7 Å². The van der Waals surface area contributed by atoms with Crippen LogP contribution in [0.3, 0.4) is 0 Å². The minimum atomic E-state index is 0.973. The van der Waals surface area contributed by atoms with Crippen LogP contribution in [0, 0.1) is 6.92 Å². The van der Waals surface area contributed by atoms with Crippen LogP contribution in [-0.4, -0.2) is 9.97 Å². The molecule has 0 fully saturated rings. The number of unbranched alkanes of at least 4 members (excludes halogenated alkanes) is 2. The van der Waals surface area contributed by atoms with E-state index in [9.17, 15) is 0 Å². The predicted molar refractivity (Wildman–Crippen MR) is 75.9 cm³/mol. The van der Waals surface area contributed by atoms with Crippen LogP contribution in [-0.2, 0) is 19.3 Å². The van der Waals surface area contributed by atoms with Gasteiger partial charge in [0.05, 0.1) is 0 Å². The molecule has 100 valence electrons. The lowest BCUT2D eigenvalue weighted by atomic mass is 9.94. The SMILES string of the molecule is CCCCCc1nc(C)nc2c1CCCCCC2. The Hall–Kier alpha value is -0.920. The zero-order valence-corrected chi connectivity index (χ0v) is 12.0. The maximum absolute atomic E-state index is 4.72. The summed E-state index contributed by atoms with van der Waals surface area (Å²) in [6, 6.07) is 0. The molecule has 0 amide bonds. The molecular formula is C16H26N2. The van der Waals surface area contributed by atoms with E-state index in [1.807, 2.05) is 6.92 Å². The molecule has 0 spiro atoms. The molecule has 1 heterocycles. The quantitative estimate of drug-likeness (QED) is 0.745. The summed E-state index contributed by atoms with van der Waals surface area (Å²) in [6.45, 7) is 4.30. The fraction of sp³-hybridized carbons (Fsp3) is 0.750. The van der Waals surface area contributed by atoms with Gasteiger partial charge in [0.2, 0.25) is 0 Å². The molecule has 0 N–H and O–H groups in total. The third-order valence-electron chi connectivity index (χ3n) is 3.90. The minimum Gasteiger partial charge on any atom is -0.238 e. The van der Waals surface area contributed by atoms with Gasteiger partial charge in [0.15, 0.2) is 0 Å². The van der Waals surface area contributed by atoms with Crippen molar-refractivity contribution in [3.05, 3.63) is 22.8 Å². The van der Waals surface area contributed by atoms with Crippen LogP contribution in [0.5, 0.6) is 0 Å². The molecule has 1 aromatic heterocycles. The van der Waals surface area contributed by atoms with E-state index < -0.39 is 0 Å². The lowest BCUT2D eigenvalue weighted by Crippen LogP contribution is -2.10. The molecular weight excluding hydrogens is 220 g/mol. The summed E-state index contributed by atoms with van der Waals surface area (Å²) in [6.07, 6.45) is 12.8. The Morgan fingerprint density at radius 3 is 2.50 bits per heavy atom. The van der Waals surface area contributed by atoms with E-state index in [4.69, 9.17) is 9.97 Å². The lowest BCUT2D eigenvalue weighted by Gasteiger charge is -2.17. The molecule has 2 nitrogen and oxygen atoms in total. The molecule has 18 heavy (non-hydrogen) atoms. The highest BCUT2D eigenvalue weighted by atomic mass is 14.9. The average Bonchev–Trinajstić information content (AvgIpc) is 2.31. The fourth-order valence-corrected chi connectivity index (χ4v) is 2.91. The number of hydrogen-bond donors (Lipinski definition) is 0. The Morgan fingerprint density at radius 2 is 1.72 bits per heavy atom. The average molecular weight is 246 g/mol. The molecule has 2 heteroatoms. The second-order valence-corrected chi connectivity index (χ2v) is 5.51. The molecule has 1 aliphatic rings. The van der Waals surface area contributed by atoms with Crippen molar-refractivity contribution in [1.82, 2.24) is 9.97 Å². The normalized spacial score (nSPS) is 15.9. The van der Waals surface area contributed by atoms with Gasteiger partial charge in [0.1, 0.15) is 5.82 Å². The highest BCUT2D eigenvalue weighted by Crippen LogP contribution is 2.22. The first kappa shape index (κ1) is 13.5. The van der Waals surface area contributed by atoms with E-state index in [0.717, 1.165) is 12.2 Å². The van der Waals surface area contributed by atoms with Gasteiger partial charge >= 0.3 is 0 Å². The molecule has 0 radical (unpaired) electrons. The molecule has 0 atom stereocenters. The van der Waals surface area contributed by atoms with Gasteiger partial charge in [-0.3, -0.25) is 0 Å². The van der Waals surface area contributed by atoms with E-state index in [2.05, 4.69) is 6.92 Å². The van der Waals surface area contributed by atoms with Crippen molar-refractivity contribution in [2.24, 2.45) is 0 Å². The minimum absolute atomic E-state index is 0.973. The number of nitrogens with zero attached hydrogens (tertiary/aromatic N) is 2. The third kappa shape index (κ3) is 3.54. The summed E-state index contributed by atoms with van der Waals surface area (Å²) >= 11 is 0. The molecule has 0 bridgehead atoms. The monoisotopic (exact) mass is 246 g/mol. The molecule has 1 aliphatic carbocycles. The van der Waals surface area contributed by atoms with Crippen LogP contribution in [0.2, 0.25) is 0 Å². The molecule has 0 aromatic carbocycles. The van der Waals surface area contributed by atoms with Gasteiger partial charge in [-0.2, -0.15) is 0 Å². The Bertz CT molecular complexity index is 385. The Kier molecular flexibility index (Phi) is 5.15. The number of fused-ring (bicyclic) bond motifs is 1. The van der Waals surface area contributed by atoms with Crippen molar-refractivity contribution in [1.29, 1.82) is 0 Å². The molecule has 0 aliphatic heterocycles. The fourth-order valence-electron chi connectivity index (χ4n) is 2.91. The first-order chi connectivity index (χ1) is 8.81. The first-order valence-electron chi connectivity index (χ1n) is 7.66. The van der Waals surface area contributed by atoms with Crippen LogP contribution in [0.15, 0.2) is 0 Å². The molecule has 0 saturated carbocycles. The van der Waals surface area contributed by atoms with E-state index in [0.29, 0.717) is 0 Å². The van der Waals surface area contributed by atoms with Gasteiger partial charge in [-0.25, -0.2) is 9.97 Å². The van der Waals surface area contributed by atoms with Crippen LogP contribution >= 0.6 is 0 Å². The maximum atomic E-state index is 4.72. The second-order valence-electron chi connectivity index (χ2n) is 5.51. The molecule has 1 aromatic rings. The number of rotatable bonds is 4. The Balaban J connectivity index is 2.20. The van der Waals surface area contributed by atoms with Crippen LogP contribution in [0.4, 0.5) is 0 Å². The van der Waals surface area contributed by atoms with Gasteiger partial charge in [-0.05, 0) is 51.0 Å². The summed E-state index contributed by atoms with van der Waals surface area (Å²) in [7, 11) is 0. The summed E-state index contributed by atoms with van der Waals surface area (Å²) in [5.74, 6) is 0.973. The highest BCUT2D eigenvalue weighted by Gasteiger charge is 2.14. The van der Waals surface area contributed by atoms with Crippen molar-refractivity contribution in [3.63, 3.8) is 0 Å². The van der Waals surface area contributed by atoms with Gasteiger partial charge in [-0.15, -0.1) is 0 Å². The van der Waals surface area contributed by atoms with Crippen LogP contribution in [0.25, 0.3) is 0 Å². The van der Waals surface area contributed by atoms with Crippen molar-refractivity contribution in [3.8, 4) is 0 Å². The lowest BCUT2D eigenvalue weighted by molar-refractivity contribution is 0.595. The number of aromatic nitrogens is 2. The summed E-state index contributed by atoms with van der Waals surface area (Å²) in [5.41, 5.74) is 4.21. The van der Waals surface area contributed by atoms with E-state index in [1.54, 1.807) is 0 Å². The van der Waals surface area contributed by atoms with Gasteiger partial charge in [0.25, 0.3) is 0 Å². The van der Waals surface area contributed by atoms with Crippen molar-refractivity contribution in [2.75, 3.05) is 0 Å². The summed E-state index contributed by atoms with van der Waals surface area (Å²) in [5, 5.41) is 0. The van der Waals surface area contributed by atoms with Crippen LogP contribution in [0.1, 0.15) is 74.6 Å². The van der Waals surface area contributed by atoms with Crippen LogP contribution < -0.4 is 0 Å². The first-order valence-corrected chi connectivity index (χ1v) is 7.66. The van der Waals surface area contributed by atoms with E-state index in [-0.39, 0.29) is 0 Å². The Morgan fingerprint density at radius 1 is 0.944 bits per heavy atom.